The second-order valence-corrected chi connectivity index (χ2v) is 4.09. The average molecular weight is 231 g/mol. The maximum Gasteiger partial charge on any atom is 0.358 e. The molecule has 6 nitrogen and oxygen atoms in total. The van der Waals surface area contributed by atoms with E-state index in [4.69, 9.17) is 10.2 Å². The van der Waals surface area contributed by atoms with Crippen molar-refractivity contribution in [3.8, 4) is 0 Å². The van der Waals surface area contributed by atoms with Crippen LogP contribution in [0.1, 0.15) is 16.9 Å². The summed E-state index contributed by atoms with van der Waals surface area (Å²) >= 11 is 1.69. The third-order valence-electron chi connectivity index (χ3n) is 1.67. The minimum Gasteiger partial charge on any atom is -0.476 e. The van der Waals surface area contributed by atoms with Gasteiger partial charge in [0.1, 0.15) is 0 Å². The fourth-order valence-corrected chi connectivity index (χ4v) is 1.79. The highest BCUT2D eigenvalue weighted by Crippen LogP contribution is 2.03. The van der Waals surface area contributed by atoms with Gasteiger partial charge in [0.2, 0.25) is 0 Å². The molecule has 0 atom stereocenters. The summed E-state index contributed by atoms with van der Waals surface area (Å²) in [7, 11) is 0. The molecule has 0 spiro atoms. The highest BCUT2D eigenvalue weighted by atomic mass is 32.2. The molecule has 0 fully saturated rings. The summed E-state index contributed by atoms with van der Waals surface area (Å²) in [6.07, 6.45) is 2.19. The lowest BCUT2D eigenvalue weighted by atomic mass is 10.5. The van der Waals surface area contributed by atoms with Crippen LogP contribution in [0.5, 0.6) is 0 Å². The Labute approximate surface area is 91.3 Å². The first-order chi connectivity index (χ1) is 7.24. The van der Waals surface area contributed by atoms with Crippen LogP contribution in [0.25, 0.3) is 0 Å². The molecule has 0 unspecified atom stereocenters. The van der Waals surface area contributed by atoms with Crippen LogP contribution in [0.2, 0.25) is 0 Å². The quantitative estimate of drug-likeness (QED) is 0.647. The van der Waals surface area contributed by atoms with Crippen molar-refractivity contribution in [1.82, 2.24) is 15.0 Å². The molecular weight excluding hydrogens is 218 g/mol. The highest BCUT2D eigenvalue weighted by Gasteiger charge is 2.07. The number of nitrogens with zero attached hydrogens (tertiary/aromatic N) is 3. The van der Waals surface area contributed by atoms with E-state index in [1.807, 2.05) is 0 Å². The van der Waals surface area contributed by atoms with Crippen molar-refractivity contribution in [2.75, 3.05) is 18.1 Å². The van der Waals surface area contributed by atoms with E-state index in [-0.39, 0.29) is 12.3 Å². The largest absolute Gasteiger partial charge is 0.476 e. The van der Waals surface area contributed by atoms with Crippen LogP contribution >= 0.6 is 11.8 Å². The molecule has 1 heterocycles. The van der Waals surface area contributed by atoms with Gasteiger partial charge in [0, 0.05) is 12.4 Å². The van der Waals surface area contributed by atoms with E-state index in [1.54, 1.807) is 11.8 Å². The fraction of sp³-hybridized carbons (Fsp3) is 0.625. The van der Waals surface area contributed by atoms with Crippen molar-refractivity contribution in [3.05, 3.63) is 11.9 Å². The molecular formula is C8H13N3O3S. The number of rotatable bonds is 7. The number of hydrogen-bond acceptors (Lipinski definition) is 5. The molecule has 0 saturated carbocycles. The average Bonchev–Trinajstić information content (AvgIpc) is 2.66. The number of thioether (sulfide) groups is 1. The second kappa shape index (κ2) is 6.41. The minimum absolute atomic E-state index is 0.0321. The van der Waals surface area contributed by atoms with Gasteiger partial charge in [-0.15, -0.1) is 5.10 Å². The van der Waals surface area contributed by atoms with Gasteiger partial charge in [0.15, 0.2) is 5.69 Å². The van der Waals surface area contributed by atoms with Crippen LogP contribution in [0, 0.1) is 0 Å². The van der Waals surface area contributed by atoms with Crippen LogP contribution in [0.15, 0.2) is 6.20 Å². The molecule has 7 heteroatoms. The molecule has 0 aliphatic carbocycles. The van der Waals surface area contributed by atoms with Gasteiger partial charge in [0.25, 0.3) is 0 Å². The normalized spacial score (nSPS) is 10.5. The molecule has 0 amide bonds. The topological polar surface area (TPSA) is 88.2 Å². The molecule has 1 aromatic rings. The van der Waals surface area contributed by atoms with Crippen LogP contribution in [-0.2, 0) is 6.54 Å². The summed E-state index contributed by atoms with van der Waals surface area (Å²) in [6.45, 7) is 0.843. The number of carboxylic acid groups (broad SMARTS) is 1. The molecule has 15 heavy (non-hydrogen) atoms. The third kappa shape index (κ3) is 4.30. The summed E-state index contributed by atoms with van der Waals surface area (Å²) in [6, 6.07) is 0. The van der Waals surface area contributed by atoms with Gasteiger partial charge >= 0.3 is 5.97 Å². The first-order valence-corrected chi connectivity index (χ1v) is 5.71. The second-order valence-electron chi connectivity index (χ2n) is 2.86. The smallest absolute Gasteiger partial charge is 0.358 e. The van der Waals surface area contributed by atoms with Gasteiger partial charge in [0.05, 0.1) is 12.7 Å². The maximum absolute atomic E-state index is 10.5. The number of aromatic carboxylic acids is 1. The van der Waals surface area contributed by atoms with Crippen LogP contribution in [0.3, 0.4) is 0 Å². The number of carboxylic acids is 1. The van der Waals surface area contributed by atoms with Crippen LogP contribution < -0.4 is 0 Å². The lowest BCUT2D eigenvalue weighted by Crippen LogP contribution is -2.02. The van der Waals surface area contributed by atoms with Crippen molar-refractivity contribution in [1.29, 1.82) is 0 Å². The number of aromatic nitrogens is 3. The molecule has 0 saturated heterocycles. The Hall–Kier alpha value is -1.08. The van der Waals surface area contributed by atoms with E-state index < -0.39 is 5.97 Å². The van der Waals surface area contributed by atoms with E-state index >= 15 is 0 Å². The lowest BCUT2D eigenvalue weighted by Gasteiger charge is -1.99. The summed E-state index contributed by atoms with van der Waals surface area (Å²) < 4.78 is 1.51. The Bertz CT molecular complexity index is 316. The highest BCUT2D eigenvalue weighted by molar-refractivity contribution is 7.99. The minimum atomic E-state index is -1.06. The molecule has 0 aliphatic heterocycles. The molecule has 1 aromatic heterocycles. The monoisotopic (exact) mass is 231 g/mol. The van der Waals surface area contributed by atoms with Crippen molar-refractivity contribution in [3.63, 3.8) is 0 Å². The Kier molecular flexibility index (Phi) is 5.13. The van der Waals surface area contributed by atoms with E-state index in [2.05, 4.69) is 10.3 Å². The fourth-order valence-electron chi connectivity index (χ4n) is 0.932. The zero-order chi connectivity index (χ0) is 11.1. The van der Waals surface area contributed by atoms with Crippen molar-refractivity contribution >= 4 is 17.7 Å². The van der Waals surface area contributed by atoms with Crippen molar-refractivity contribution < 1.29 is 15.0 Å². The number of aliphatic hydroxyl groups is 1. The first kappa shape index (κ1) is 12.0. The Balaban J connectivity index is 2.23. The zero-order valence-electron chi connectivity index (χ0n) is 8.17. The van der Waals surface area contributed by atoms with Crippen molar-refractivity contribution in [2.45, 2.75) is 13.0 Å². The Morgan fingerprint density at radius 2 is 2.33 bits per heavy atom. The Morgan fingerprint density at radius 3 is 2.93 bits per heavy atom. The van der Waals surface area contributed by atoms with Gasteiger partial charge < -0.3 is 10.2 Å². The molecule has 1 rings (SSSR count). The maximum atomic E-state index is 10.5. The number of aryl methyl sites for hydroxylation is 1. The lowest BCUT2D eigenvalue weighted by molar-refractivity contribution is 0.0690. The number of aliphatic hydroxyl groups excluding tert-OH is 1. The number of hydrogen-bond donors (Lipinski definition) is 2. The standard InChI is InChI=1S/C8H13N3O3S/c12-3-1-4-15-5-2-11-6-7(8(13)14)9-10-11/h6,12H,1-5H2,(H,13,14). The van der Waals surface area contributed by atoms with Gasteiger partial charge in [-0.25, -0.2) is 4.79 Å². The van der Waals surface area contributed by atoms with Gasteiger partial charge in [-0.1, -0.05) is 5.21 Å². The zero-order valence-corrected chi connectivity index (χ0v) is 8.98. The molecule has 0 aromatic carbocycles. The van der Waals surface area contributed by atoms with Crippen LogP contribution in [0.4, 0.5) is 0 Å². The van der Waals surface area contributed by atoms with Gasteiger partial charge in [-0.3, -0.25) is 4.68 Å². The summed E-state index contributed by atoms with van der Waals surface area (Å²) in [4.78, 5) is 10.5. The first-order valence-electron chi connectivity index (χ1n) is 4.56. The van der Waals surface area contributed by atoms with E-state index in [0.29, 0.717) is 6.54 Å². The number of carbonyl (C=O) groups is 1. The van der Waals surface area contributed by atoms with E-state index in [9.17, 15) is 4.79 Å². The summed E-state index contributed by atoms with van der Waals surface area (Å²) in [5.74, 6) is 0.675. The molecule has 0 aliphatic rings. The molecule has 84 valence electrons. The van der Waals surface area contributed by atoms with Gasteiger partial charge in [-0.05, 0) is 12.2 Å². The van der Waals surface area contributed by atoms with Crippen LogP contribution in [-0.4, -0.2) is 49.3 Å². The predicted octanol–water partition coefficient (Wildman–Crippen LogP) is 0.0919. The summed E-state index contributed by atoms with van der Waals surface area (Å²) in [5.41, 5.74) is -0.0321. The molecule has 0 bridgehead atoms. The predicted molar refractivity (Wildman–Crippen MR) is 56.0 cm³/mol. The van der Waals surface area contributed by atoms with E-state index in [0.717, 1.165) is 17.9 Å². The Morgan fingerprint density at radius 1 is 1.53 bits per heavy atom. The van der Waals surface area contributed by atoms with Gasteiger partial charge in [-0.2, -0.15) is 11.8 Å². The SMILES string of the molecule is O=C(O)c1cn(CCSCCCO)nn1. The van der Waals surface area contributed by atoms with E-state index in [1.165, 1.54) is 10.9 Å². The summed E-state index contributed by atoms with van der Waals surface area (Å²) in [5, 5.41) is 24.3. The third-order valence-corrected chi connectivity index (χ3v) is 2.72. The van der Waals surface area contributed by atoms with Crippen molar-refractivity contribution in [2.24, 2.45) is 0 Å². The molecule has 2 N–H and O–H groups in total. The molecule has 0 radical (unpaired) electrons.